The maximum atomic E-state index is 4.93. The second-order valence-electron chi connectivity index (χ2n) is 6.67. The van der Waals surface area contributed by atoms with Crippen LogP contribution in [0.15, 0.2) is 60.7 Å². The van der Waals surface area contributed by atoms with Gasteiger partial charge in [-0.05, 0) is 12.5 Å². The zero-order chi connectivity index (χ0) is 18.8. The maximum absolute atomic E-state index is 4.93. The Labute approximate surface area is 158 Å². The van der Waals surface area contributed by atoms with Crippen molar-refractivity contribution < 1.29 is 0 Å². The van der Waals surface area contributed by atoms with Gasteiger partial charge >= 0.3 is 0 Å². The fourth-order valence-corrected chi connectivity index (χ4v) is 3.12. The lowest BCUT2D eigenvalue weighted by molar-refractivity contribution is 0.943. The molecule has 6 heteroatoms. The van der Waals surface area contributed by atoms with Gasteiger partial charge in [0, 0.05) is 31.8 Å². The molecular weight excluding hydrogens is 336 g/mol. The van der Waals surface area contributed by atoms with E-state index in [0.717, 1.165) is 28.4 Å². The van der Waals surface area contributed by atoms with Crippen LogP contribution in [0.2, 0.25) is 0 Å². The monoisotopic (exact) mass is 358 g/mol. The van der Waals surface area contributed by atoms with E-state index in [1.807, 2.05) is 66.7 Å². The van der Waals surface area contributed by atoms with Crippen LogP contribution in [0.4, 0.5) is 11.9 Å². The quantitative estimate of drug-likeness (QED) is 0.588. The van der Waals surface area contributed by atoms with Crippen LogP contribution in [0.5, 0.6) is 0 Å². The molecule has 0 aliphatic rings. The van der Waals surface area contributed by atoms with Crippen molar-refractivity contribution in [2.45, 2.75) is 13.5 Å². The summed E-state index contributed by atoms with van der Waals surface area (Å²) in [7, 11) is 3.96. The molecule has 27 heavy (non-hydrogen) atoms. The number of nitrogens with one attached hydrogen (secondary N) is 1. The summed E-state index contributed by atoms with van der Waals surface area (Å²) < 4.78 is 1.98. The molecule has 0 radical (unpaired) electrons. The predicted octanol–water partition coefficient (Wildman–Crippen LogP) is 3.78. The third kappa shape index (κ3) is 3.21. The molecule has 0 fully saturated rings. The number of rotatable bonds is 5. The summed E-state index contributed by atoms with van der Waals surface area (Å²) in [6.45, 7) is 2.72. The molecule has 0 aliphatic heterocycles. The molecule has 0 amide bonds. The van der Waals surface area contributed by atoms with Gasteiger partial charge in [-0.2, -0.15) is 0 Å². The highest BCUT2D eigenvalue weighted by Gasteiger charge is 2.18. The van der Waals surface area contributed by atoms with Gasteiger partial charge in [0.05, 0.1) is 5.69 Å². The maximum Gasteiger partial charge on any atom is 0.232 e. The van der Waals surface area contributed by atoms with E-state index in [4.69, 9.17) is 4.98 Å². The Morgan fingerprint density at radius 2 is 1.59 bits per heavy atom. The van der Waals surface area contributed by atoms with Gasteiger partial charge in [-0.1, -0.05) is 60.7 Å². The third-order valence-electron chi connectivity index (χ3n) is 4.51. The van der Waals surface area contributed by atoms with E-state index in [0.29, 0.717) is 12.5 Å². The molecule has 0 atom stereocenters. The molecular formula is C21H22N6. The van der Waals surface area contributed by atoms with E-state index >= 15 is 0 Å². The van der Waals surface area contributed by atoms with Gasteiger partial charge < -0.3 is 10.2 Å². The first kappa shape index (κ1) is 17.0. The zero-order valence-corrected chi connectivity index (χ0v) is 15.7. The van der Waals surface area contributed by atoms with Crippen molar-refractivity contribution in [2.75, 3.05) is 24.3 Å². The summed E-state index contributed by atoms with van der Waals surface area (Å²) in [5.74, 6) is 1.47. The molecule has 2 aromatic carbocycles. The highest BCUT2D eigenvalue weighted by Crippen LogP contribution is 2.28. The lowest BCUT2D eigenvalue weighted by Gasteiger charge is -2.18. The minimum absolute atomic E-state index is 0.675. The number of hydrogen-bond donors (Lipinski definition) is 1. The molecule has 4 aromatic rings. The summed E-state index contributed by atoms with van der Waals surface area (Å²) >= 11 is 0. The van der Waals surface area contributed by atoms with Crippen molar-refractivity contribution in [1.82, 2.24) is 19.6 Å². The van der Waals surface area contributed by atoms with Gasteiger partial charge in [0.25, 0.3) is 0 Å². The molecule has 4 rings (SSSR count). The molecule has 0 unspecified atom stereocenters. The van der Waals surface area contributed by atoms with Gasteiger partial charge in [-0.3, -0.25) is 0 Å². The Balaban J connectivity index is 1.80. The van der Waals surface area contributed by atoms with Crippen LogP contribution in [0.25, 0.3) is 16.9 Å². The Morgan fingerprint density at radius 1 is 0.926 bits per heavy atom. The van der Waals surface area contributed by atoms with Crippen LogP contribution >= 0.6 is 0 Å². The zero-order valence-electron chi connectivity index (χ0n) is 15.7. The summed E-state index contributed by atoms with van der Waals surface area (Å²) in [6.07, 6.45) is 0. The molecule has 0 aliphatic carbocycles. The topological polar surface area (TPSA) is 58.4 Å². The van der Waals surface area contributed by atoms with Gasteiger partial charge in [0.1, 0.15) is 0 Å². The van der Waals surface area contributed by atoms with E-state index < -0.39 is 0 Å². The lowest BCUT2D eigenvalue weighted by Crippen LogP contribution is -2.17. The molecule has 0 saturated heterocycles. The average Bonchev–Trinajstić information content (AvgIpc) is 3.12. The Kier molecular flexibility index (Phi) is 4.46. The summed E-state index contributed by atoms with van der Waals surface area (Å²) in [5, 5.41) is 12.2. The Hall–Kier alpha value is -3.41. The smallest absolute Gasteiger partial charge is 0.232 e. The molecule has 1 N–H and O–H groups in total. The van der Waals surface area contributed by atoms with E-state index in [1.54, 1.807) is 0 Å². The first-order valence-electron chi connectivity index (χ1n) is 8.91. The van der Waals surface area contributed by atoms with Crippen molar-refractivity contribution in [2.24, 2.45) is 0 Å². The van der Waals surface area contributed by atoms with Crippen molar-refractivity contribution in [3.05, 3.63) is 71.8 Å². The second-order valence-corrected chi connectivity index (χ2v) is 6.67. The van der Waals surface area contributed by atoms with Crippen LogP contribution in [0.1, 0.15) is 11.1 Å². The number of aryl methyl sites for hydroxylation is 1. The minimum Gasteiger partial charge on any atom is -0.350 e. The molecule has 136 valence electrons. The first-order chi connectivity index (χ1) is 13.1. The number of fused-ring (bicyclic) bond motifs is 1. The lowest BCUT2D eigenvalue weighted by atomic mass is 10.1. The fraction of sp³-hybridized carbons (Fsp3) is 0.190. The highest BCUT2D eigenvalue weighted by molar-refractivity contribution is 5.73. The number of anilines is 2. The van der Waals surface area contributed by atoms with Crippen molar-refractivity contribution >= 4 is 17.5 Å². The predicted molar refractivity (Wildman–Crippen MR) is 109 cm³/mol. The van der Waals surface area contributed by atoms with Crippen LogP contribution in [-0.2, 0) is 6.54 Å². The van der Waals surface area contributed by atoms with Crippen molar-refractivity contribution in [3.63, 3.8) is 0 Å². The van der Waals surface area contributed by atoms with Gasteiger partial charge in [0.15, 0.2) is 5.65 Å². The van der Waals surface area contributed by atoms with Crippen LogP contribution in [0.3, 0.4) is 0 Å². The van der Waals surface area contributed by atoms with Crippen molar-refractivity contribution in [1.29, 1.82) is 0 Å². The molecule has 2 aromatic heterocycles. The SMILES string of the molecule is Cc1c(-c2ccccc2)nc(N(C)C)n2c(NCc3ccccc3)nnc12. The summed E-state index contributed by atoms with van der Waals surface area (Å²) in [4.78, 5) is 6.91. The number of aromatic nitrogens is 4. The fourth-order valence-electron chi connectivity index (χ4n) is 3.12. The highest BCUT2D eigenvalue weighted by atomic mass is 15.4. The molecule has 6 nitrogen and oxygen atoms in total. The van der Waals surface area contributed by atoms with E-state index in [9.17, 15) is 0 Å². The number of hydrogen-bond acceptors (Lipinski definition) is 5. The van der Waals surface area contributed by atoms with Crippen LogP contribution in [0, 0.1) is 6.92 Å². The van der Waals surface area contributed by atoms with Gasteiger partial charge in [-0.25, -0.2) is 9.38 Å². The Morgan fingerprint density at radius 3 is 2.26 bits per heavy atom. The molecule has 0 saturated carbocycles. The minimum atomic E-state index is 0.675. The molecule has 0 spiro atoms. The van der Waals surface area contributed by atoms with Crippen LogP contribution < -0.4 is 10.2 Å². The van der Waals surface area contributed by atoms with Gasteiger partial charge in [0.2, 0.25) is 11.9 Å². The third-order valence-corrected chi connectivity index (χ3v) is 4.51. The second kappa shape index (κ2) is 7.07. The number of benzene rings is 2. The van der Waals surface area contributed by atoms with Gasteiger partial charge in [-0.15, -0.1) is 10.2 Å². The van der Waals surface area contributed by atoms with Crippen LogP contribution in [-0.4, -0.2) is 33.7 Å². The first-order valence-corrected chi connectivity index (χ1v) is 8.91. The van der Waals surface area contributed by atoms with Crippen molar-refractivity contribution in [3.8, 4) is 11.3 Å². The van der Waals surface area contributed by atoms with E-state index in [1.165, 1.54) is 5.56 Å². The normalized spacial score (nSPS) is 10.9. The summed E-state index contributed by atoms with van der Waals surface area (Å²) in [5.41, 5.74) is 5.00. The largest absolute Gasteiger partial charge is 0.350 e. The molecule has 2 heterocycles. The number of nitrogens with zero attached hydrogens (tertiary/aromatic N) is 5. The van der Waals surface area contributed by atoms with E-state index in [2.05, 4.69) is 39.8 Å². The standard InChI is InChI=1S/C21H22N6/c1-15-18(17-12-8-5-9-13-17)23-21(26(2)3)27-19(15)24-25-20(27)22-14-16-10-6-4-7-11-16/h4-13H,14H2,1-3H3,(H,22,25). The molecule has 0 bridgehead atoms. The average molecular weight is 358 g/mol. The summed E-state index contributed by atoms with van der Waals surface area (Å²) in [6, 6.07) is 20.4. The van der Waals surface area contributed by atoms with E-state index in [-0.39, 0.29) is 0 Å². The Bertz CT molecular complexity index is 1050.